The van der Waals surface area contributed by atoms with E-state index >= 15 is 0 Å². The van der Waals surface area contributed by atoms with Crippen LogP contribution in [0.1, 0.15) is 32.1 Å². The number of hydrogen-bond acceptors (Lipinski definition) is 5. The van der Waals surface area contributed by atoms with Gasteiger partial charge in [0.2, 0.25) is 5.91 Å². The van der Waals surface area contributed by atoms with Gasteiger partial charge in [-0.3, -0.25) is 4.79 Å². The predicted octanol–water partition coefficient (Wildman–Crippen LogP) is -0.456. The molecule has 27 heavy (non-hydrogen) atoms. The van der Waals surface area contributed by atoms with Crippen LogP contribution < -0.4 is 5.32 Å². The second kappa shape index (κ2) is 7.94. The monoisotopic (exact) mass is 399 g/mol. The molecule has 4 aliphatic rings. The van der Waals surface area contributed by atoms with Crippen molar-refractivity contribution in [2.45, 2.75) is 44.2 Å². The summed E-state index contributed by atoms with van der Waals surface area (Å²) in [7, 11) is -1.38. The van der Waals surface area contributed by atoms with Crippen molar-refractivity contribution in [1.82, 2.24) is 23.7 Å². The standard InChI is InChI=1S/C18H33N5O3S/c1-20-4-8-22(9-5-20)27(25,26)23-10-6-21(7-11-23)18(24)14-15-12-16-2-3-17(13-15)19-16/h15-17,19H,2-14H2,1H3. The Bertz CT molecular complexity index is 629. The van der Waals surface area contributed by atoms with E-state index in [0.29, 0.717) is 63.7 Å². The van der Waals surface area contributed by atoms with Gasteiger partial charge in [-0.15, -0.1) is 0 Å². The lowest BCUT2D eigenvalue weighted by Crippen LogP contribution is -2.57. The minimum absolute atomic E-state index is 0.206. The Hall–Kier alpha value is -0.740. The van der Waals surface area contributed by atoms with Gasteiger partial charge in [0.1, 0.15) is 0 Å². The highest BCUT2D eigenvalue weighted by molar-refractivity contribution is 7.86. The van der Waals surface area contributed by atoms with Gasteiger partial charge in [0.15, 0.2) is 0 Å². The molecule has 4 aliphatic heterocycles. The lowest BCUT2D eigenvalue weighted by Gasteiger charge is -2.39. The van der Waals surface area contributed by atoms with E-state index in [9.17, 15) is 13.2 Å². The molecule has 1 N–H and O–H groups in total. The van der Waals surface area contributed by atoms with Crippen molar-refractivity contribution in [3.8, 4) is 0 Å². The fourth-order valence-corrected chi connectivity index (χ4v) is 6.64. The summed E-state index contributed by atoms with van der Waals surface area (Å²) in [6.07, 6.45) is 5.34. The van der Waals surface area contributed by atoms with Gasteiger partial charge in [-0.2, -0.15) is 17.0 Å². The first-order valence-corrected chi connectivity index (χ1v) is 11.8. The van der Waals surface area contributed by atoms with Crippen LogP contribution in [0.25, 0.3) is 0 Å². The van der Waals surface area contributed by atoms with Gasteiger partial charge in [0.25, 0.3) is 10.2 Å². The van der Waals surface area contributed by atoms with Gasteiger partial charge in [-0.05, 0) is 38.6 Å². The molecule has 2 atom stereocenters. The van der Waals surface area contributed by atoms with Crippen molar-refractivity contribution in [3.63, 3.8) is 0 Å². The quantitative estimate of drug-likeness (QED) is 0.693. The molecule has 154 valence electrons. The molecule has 0 radical (unpaired) electrons. The van der Waals surface area contributed by atoms with Crippen LogP contribution in [-0.4, -0.2) is 104 Å². The van der Waals surface area contributed by atoms with E-state index in [1.54, 1.807) is 8.61 Å². The summed E-state index contributed by atoms with van der Waals surface area (Å²) in [6, 6.07) is 1.21. The van der Waals surface area contributed by atoms with Crippen LogP contribution >= 0.6 is 0 Å². The van der Waals surface area contributed by atoms with Crippen LogP contribution in [-0.2, 0) is 15.0 Å². The molecule has 0 saturated carbocycles. The number of hydrogen-bond donors (Lipinski definition) is 1. The second-order valence-electron chi connectivity index (χ2n) is 8.67. The molecule has 8 nitrogen and oxygen atoms in total. The summed E-state index contributed by atoms with van der Waals surface area (Å²) in [6.45, 7) is 4.51. The molecule has 0 aromatic heterocycles. The van der Waals surface area contributed by atoms with Crippen LogP contribution in [0.15, 0.2) is 0 Å². The summed E-state index contributed by atoms with van der Waals surface area (Å²) in [5, 5.41) is 3.62. The van der Waals surface area contributed by atoms with Crippen molar-refractivity contribution in [2.24, 2.45) is 5.92 Å². The fourth-order valence-electron chi connectivity index (χ4n) is 5.07. The van der Waals surface area contributed by atoms with Gasteiger partial charge in [0.05, 0.1) is 0 Å². The number of rotatable bonds is 4. The smallest absolute Gasteiger partial charge is 0.282 e. The number of likely N-dealkylation sites (N-methyl/N-ethyl adjacent to an activating group) is 1. The number of amides is 1. The predicted molar refractivity (Wildman–Crippen MR) is 103 cm³/mol. The van der Waals surface area contributed by atoms with Gasteiger partial charge < -0.3 is 15.1 Å². The second-order valence-corrected chi connectivity index (χ2v) is 10.6. The molecule has 0 spiro atoms. The molecular weight excluding hydrogens is 366 g/mol. The van der Waals surface area contributed by atoms with Gasteiger partial charge in [-0.1, -0.05) is 0 Å². The number of nitrogens with zero attached hydrogens (tertiary/aromatic N) is 4. The Balaban J connectivity index is 1.26. The lowest BCUT2D eigenvalue weighted by atomic mass is 9.89. The zero-order valence-corrected chi connectivity index (χ0v) is 17.2. The van der Waals surface area contributed by atoms with Crippen molar-refractivity contribution < 1.29 is 13.2 Å². The van der Waals surface area contributed by atoms with E-state index in [1.807, 2.05) is 11.9 Å². The maximum atomic E-state index is 12.8. The van der Waals surface area contributed by atoms with E-state index in [0.717, 1.165) is 25.9 Å². The number of carbonyl (C=O) groups excluding carboxylic acids is 1. The van der Waals surface area contributed by atoms with Crippen molar-refractivity contribution >= 4 is 16.1 Å². The van der Waals surface area contributed by atoms with E-state index in [-0.39, 0.29) is 5.91 Å². The molecule has 4 saturated heterocycles. The lowest BCUT2D eigenvalue weighted by molar-refractivity contribution is -0.133. The highest BCUT2D eigenvalue weighted by atomic mass is 32.2. The van der Waals surface area contributed by atoms with Crippen molar-refractivity contribution in [1.29, 1.82) is 0 Å². The molecule has 2 unspecified atom stereocenters. The first kappa shape index (κ1) is 19.6. The number of carbonyl (C=O) groups is 1. The summed E-state index contributed by atoms with van der Waals surface area (Å²) in [5.74, 6) is 0.696. The Labute approximate surface area is 163 Å². The Morgan fingerprint density at radius 2 is 1.41 bits per heavy atom. The number of piperidine rings is 1. The molecule has 0 aromatic rings. The molecule has 0 aromatic carbocycles. The summed E-state index contributed by atoms with van der Waals surface area (Å²) in [4.78, 5) is 16.7. The van der Waals surface area contributed by atoms with Gasteiger partial charge >= 0.3 is 0 Å². The van der Waals surface area contributed by atoms with Gasteiger partial charge in [-0.25, -0.2) is 0 Å². The fraction of sp³-hybridized carbons (Fsp3) is 0.944. The average molecular weight is 400 g/mol. The number of nitrogens with one attached hydrogen (secondary N) is 1. The molecule has 0 aliphatic carbocycles. The molecular formula is C18H33N5O3S. The third-order valence-electron chi connectivity index (χ3n) is 6.74. The maximum Gasteiger partial charge on any atom is 0.282 e. The van der Waals surface area contributed by atoms with E-state index in [1.165, 1.54) is 12.8 Å². The Morgan fingerprint density at radius 1 is 0.889 bits per heavy atom. The van der Waals surface area contributed by atoms with E-state index in [4.69, 9.17) is 0 Å². The maximum absolute atomic E-state index is 12.8. The zero-order chi connectivity index (χ0) is 19.0. The third-order valence-corrected chi connectivity index (χ3v) is 8.78. The normalized spacial score (nSPS) is 34.1. The molecule has 1 amide bonds. The molecule has 2 bridgehead atoms. The first-order valence-electron chi connectivity index (χ1n) is 10.4. The van der Waals surface area contributed by atoms with Crippen LogP contribution in [0.5, 0.6) is 0 Å². The molecule has 4 rings (SSSR count). The van der Waals surface area contributed by atoms with E-state index in [2.05, 4.69) is 10.2 Å². The zero-order valence-electron chi connectivity index (χ0n) is 16.3. The van der Waals surface area contributed by atoms with Crippen molar-refractivity contribution in [3.05, 3.63) is 0 Å². The Kier molecular flexibility index (Phi) is 5.76. The van der Waals surface area contributed by atoms with Crippen LogP contribution in [0.4, 0.5) is 0 Å². The third kappa shape index (κ3) is 4.32. The number of fused-ring (bicyclic) bond motifs is 2. The van der Waals surface area contributed by atoms with Crippen LogP contribution in [0.3, 0.4) is 0 Å². The topological polar surface area (TPSA) is 76.2 Å². The first-order chi connectivity index (χ1) is 12.9. The van der Waals surface area contributed by atoms with E-state index < -0.39 is 10.2 Å². The average Bonchev–Trinajstić information content (AvgIpc) is 3.00. The SMILES string of the molecule is CN1CCN(S(=O)(=O)N2CCN(C(=O)CC3CC4CCC(C3)N4)CC2)CC1. The molecule has 4 fully saturated rings. The summed E-state index contributed by atoms with van der Waals surface area (Å²) >= 11 is 0. The van der Waals surface area contributed by atoms with Gasteiger partial charge in [0, 0.05) is 70.9 Å². The number of piperazine rings is 2. The summed E-state index contributed by atoms with van der Waals surface area (Å²) in [5.41, 5.74) is 0. The van der Waals surface area contributed by atoms with Crippen LogP contribution in [0.2, 0.25) is 0 Å². The van der Waals surface area contributed by atoms with Crippen LogP contribution in [0, 0.1) is 5.92 Å². The largest absolute Gasteiger partial charge is 0.340 e. The van der Waals surface area contributed by atoms with Crippen molar-refractivity contribution in [2.75, 3.05) is 59.4 Å². The minimum Gasteiger partial charge on any atom is -0.340 e. The Morgan fingerprint density at radius 3 is 1.96 bits per heavy atom. The molecule has 9 heteroatoms. The highest BCUT2D eigenvalue weighted by Gasteiger charge is 2.37. The summed E-state index contributed by atoms with van der Waals surface area (Å²) < 4.78 is 28.8. The highest BCUT2D eigenvalue weighted by Crippen LogP contribution is 2.33. The minimum atomic E-state index is -3.40. The molecule has 4 heterocycles.